The minimum atomic E-state index is -4.62. The minimum Gasteiger partial charge on any atom is -0.408 e. The van der Waals surface area contributed by atoms with Crippen molar-refractivity contribution >= 4 is 16.0 Å². The maximum absolute atomic E-state index is 13.3. The Labute approximate surface area is 131 Å². The van der Waals surface area contributed by atoms with Crippen molar-refractivity contribution in [2.75, 3.05) is 32.1 Å². The van der Waals surface area contributed by atoms with Crippen LogP contribution in [0.5, 0.6) is 0 Å². The Kier molecular flexibility index (Phi) is 3.82. The number of rotatable bonds is 4. The molecule has 1 saturated heterocycles. The molecule has 0 unspecified atom stereocenters. The molecular formula is C12H17F3N4O3S. The van der Waals surface area contributed by atoms with Crippen LogP contribution in [0.25, 0.3) is 0 Å². The van der Waals surface area contributed by atoms with E-state index < -0.39 is 33.9 Å². The van der Waals surface area contributed by atoms with Crippen molar-refractivity contribution in [1.29, 1.82) is 0 Å². The lowest BCUT2D eigenvalue weighted by molar-refractivity contribution is -0.167. The third kappa shape index (κ3) is 3.03. The minimum absolute atomic E-state index is 0.0439. The zero-order valence-corrected chi connectivity index (χ0v) is 13.4. The van der Waals surface area contributed by atoms with Gasteiger partial charge in [-0.2, -0.15) is 13.2 Å². The number of halogens is 3. The second-order valence-electron chi connectivity index (χ2n) is 6.12. The normalized spacial score (nSPS) is 26.3. The fourth-order valence-electron chi connectivity index (χ4n) is 2.67. The topological polar surface area (TPSA) is 79.5 Å². The van der Waals surface area contributed by atoms with Gasteiger partial charge in [0.1, 0.15) is 5.25 Å². The molecule has 2 atom stereocenters. The lowest BCUT2D eigenvalue weighted by Crippen LogP contribution is -2.43. The van der Waals surface area contributed by atoms with Gasteiger partial charge in [-0.3, -0.25) is 0 Å². The number of alkyl halides is 3. The summed E-state index contributed by atoms with van der Waals surface area (Å²) in [5.74, 6) is -1.41. The van der Waals surface area contributed by atoms with Gasteiger partial charge in [0.2, 0.25) is 15.9 Å². The zero-order chi connectivity index (χ0) is 17.0. The highest BCUT2D eigenvalue weighted by Gasteiger charge is 2.56. The summed E-state index contributed by atoms with van der Waals surface area (Å²) in [5, 5.41) is 6.01. The maximum Gasteiger partial charge on any atom is 0.394 e. The molecule has 1 aliphatic carbocycles. The Morgan fingerprint density at radius 3 is 2.39 bits per heavy atom. The molecule has 0 spiro atoms. The second-order valence-corrected chi connectivity index (χ2v) is 8.48. The summed E-state index contributed by atoms with van der Waals surface area (Å²) in [6.45, 7) is -0.829. The third-order valence-corrected chi connectivity index (χ3v) is 6.47. The van der Waals surface area contributed by atoms with E-state index in [1.54, 1.807) is 0 Å². The predicted octanol–water partition coefficient (Wildman–Crippen LogP) is 1.21. The summed E-state index contributed by atoms with van der Waals surface area (Å²) in [7, 11) is -1.61. The van der Waals surface area contributed by atoms with E-state index in [-0.39, 0.29) is 18.5 Å². The summed E-state index contributed by atoms with van der Waals surface area (Å²) < 4.78 is 70.5. The van der Waals surface area contributed by atoms with Crippen LogP contribution in [-0.4, -0.2) is 61.5 Å². The molecule has 1 aromatic heterocycles. The van der Waals surface area contributed by atoms with Crippen molar-refractivity contribution in [3.63, 3.8) is 0 Å². The molecule has 11 heteroatoms. The van der Waals surface area contributed by atoms with Crippen LogP contribution in [0.2, 0.25) is 0 Å². The van der Waals surface area contributed by atoms with E-state index in [9.17, 15) is 21.6 Å². The molecular weight excluding hydrogens is 337 g/mol. The Hall–Kier alpha value is -1.36. The summed E-state index contributed by atoms with van der Waals surface area (Å²) in [6, 6.07) is -0.0439. The molecule has 0 radical (unpaired) electrons. The number of anilines is 1. The lowest BCUT2D eigenvalue weighted by atomic mass is 10.1. The van der Waals surface area contributed by atoms with Gasteiger partial charge >= 0.3 is 12.2 Å². The van der Waals surface area contributed by atoms with Gasteiger partial charge in [-0.25, -0.2) is 12.7 Å². The van der Waals surface area contributed by atoms with E-state index in [1.807, 2.05) is 0 Å². The van der Waals surface area contributed by atoms with Gasteiger partial charge in [-0.05, 0) is 12.8 Å². The van der Waals surface area contributed by atoms with E-state index in [2.05, 4.69) is 10.2 Å². The van der Waals surface area contributed by atoms with E-state index in [1.165, 1.54) is 19.0 Å². The molecule has 2 fully saturated rings. The van der Waals surface area contributed by atoms with Gasteiger partial charge in [0.05, 0.1) is 5.92 Å². The lowest BCUT2D eigenvalue weighted by Gasteiger charge is -2.23. The number of aromatic nitrogens is 2. The summed E-state index contributed by atoms with van der Waals surface area (Å²) in [4.78, 5) is 1.21. The largest absolute Gasteiger partial charge is 0.408 e. The Bertz CT molecular complexity index is 684. The summed E-state index contributed by atoms with van der Waals surface area (Å²) in [5.41, 5.74) is 0. The fraction of sp³-hybridized carbons (Fsp3) is 0.833. The van der Waals surface area contributed by atoms with Gasteiger partial charge < -0.3 is 9.32 Å². The van der Waals surface area contributed by atoms with Crippen molar-refractivity contribution in [1.82, 2.24) is 14.5 Å². The SMILES string of the molecule is CN(C)S(=O)(=O)[C@@H]1CN(c2nnc(C3CC3)o2)C[C@H]1C(F)(F)F. The van der Waals surface area contributed by atoms with Crippen LogP contribution in [0.3, 0.4) is 0 Å². The second kappa shape index (κ2) is 5.33. The Balaban J connectivity index is 1.87. The van der Waals surface area contributed by atoms with Crippen molar-refractivity contribution in [3.8, 4) is 0 Å². The fourth-order valence-corrected chi connectivity index (χ4v) is 4.23. The van der Waals surface area contributed by atoms with E-state index >= 15 is 0 Å². The molecule has 1 aromatic rings. The molecule has 0 aromatic carbocycles. The summed E-state index contributed by atoms with van der Waals surface area (Å²) >= 11 is 0. The standard InChI is InChI=1S/C12H17F3N4O3S/c1-18(2)23(20,21)9-6-19(5-8(9)12(13,14)15)11-17-16-10(22-11)7-3-4-7/h7-9H,3-6H2,1-2H3/t8-,9-/m1/s1. The maximum atomic E-state index is 13.3. The Morgan fingerprint density at radius 2 is 1.87 bits per heavy atom. The number of hydrogen-bond acceptors (Lipinski definition) is 6. The predicted molar refractivity (Wildman–Crippen MR) is 74.4 cm³/mol. The molecule has 1 saturated carbocycles. The smallest absolute Gasteiger partial charge is 0.394 e. The number of sulfonamides is 1. The average Bonchev–Trinajstić information content (AvgIpc) is 3.00. The third-order valence-electron chi connectivity index (χ3n) is 4.21. The monoisotopic (exact) mass is 354 g/mol. The van der Waals surface area contributed by atoms with Crippen LogP contribution >= 0.6 is 0 Å². The molecule has 2 aliphatic rings. The molecule has 1 aliphatic heterocycles. The van der Waals surface area contributed by atoms with Gasteiger partial charge in [0.15, 0.2) is 0 Å². The first-order valence-corrected chi connectivity index (χ1v) is 8.67. The molecule has 0 amide bonds. The zero-order valence-electron chi connectivity index (χ0n) is 12.6. The van der Waals surface area contributed by atoms with Gasteiger partial charge in [-0.1, -0.05) is 5.10 Å². The van der Waals surface area contributed by atoms with E-state index in [4.69, 9.17) is 4.42 Å². The average molecular weight is 354 g/mol. The van der Waals surface area contributed by atoms with Gasteiger partial charge in [0.25, 0.3) is 0 Å². The molecule has 0 bridgehead atoms. The van der Waals surface area contributed by atoms with Crippen LogP contribution in [0, 0.1) is 5.92 Å². The Morgan fingerprint density at radius 1 is 1.22 bits per heavy atom. The first-order valence-electron chi connectivity index (χ1n) is 7.17. The quantitative estimate of drug-likeness (QED) is 0.809. The molecule has 7 nitrogen and oxygen atoms in total. The van der Waals surface area contributed by atoms with Crippen LogP contribution < -0.4 is 4.90 Å². The highest BCUT2D eigenvalue weighted by Crippen LogP contribution is 2.42. The van der Waals surface area contributed by atoms with Crippen molar-refractivity contribution in [2.24, 2.45) is 5.92 Å². The molecule has 130 valence electrons. The van der Waals surface area contributed by atoms with Crippen molar-refractivity contribution < 1.29 is 26.0 Å². The van der Waals surface area contributed by atoms with Crippen molar-refractivity contribution in [3.05, 3.63) is 5.89 Å². The van der Waals surface area contributed by atoms with Crippen LogP contribution in [0.4, 0.5) is 19.2 Å². The number of nitrogens with zero attached hydrogens (tertiary/aromatic N) is 4. The molecule has 0 N–H and O–H groups in total. The van der Waals surface area contributed by atoms with Crippen LogP contribution in [-0.2, 0) is 10.0 Å². The van der Waals surface area contributed by atoms with Gasteiger partial charge in [0, 0.05) is 33.1 Å². The first kappa shape index (κ1) is 16.5. The number of hydrogen-bond donors (Lipinski definition) is 0. The van der Waals surface area contributed by atoms with Crippen LogP contribution in [0.15, 0.2) is 4.42 Å². The van der Waals surface area contributed by atoms with Gasteiger partial charge in [-0.15, -0.1) is 5.10 Å². The molecule has 23 heavy (non-hydrogen) atoms. The molecule has 2 heterocycles. The highest BCUT2D eigenvalue weighted by atomic mass is 32.2. The summed E-state index contributed by atoms with van der Waals surface area (Å²) in [6.07, 6.45) is -2.78. The van der Waals surface area contributed by atoms with Crippen molar-refractivity contribution in [2.45, 2.75) is 30.2 Å². The van der Waals surface area contributed by atoms with Crippen LogP contribution in [0.1, 0.15) is 24.7 Å². The first-order chi connectivity index (χ1) is 10.6. The molecule has 3 rings (SSSR count). The van der Waals surface area contributed by atoms with E-state index in [0.717, 1.165) is 17.1 Å². The highest BCUT2D eigenvalue weighted by molar-refractivity contribution is 7.89. The van der Waals surface area contributed by atoms with E-state index in [0.29, 0.717) is 5.89 Å².